The van der Waals surface area contributed by atoms with E-state index in [4.69, 9.17) is 4.42 Å². The number of aryl methyl sites for hydroxylation is 1. The van der Waals surface area contributed by atoms with E-state index in [1.807, 2.05) is 31.2 Å². The summed E-state index contributed by atoms with van der Waals surface area (Å²) < 4.78 is 5.89. The summed E-state index contributed by atoms with van der Waals surface area (Å²) in [5.74, 6) is 2.05. The zero-order valence-corrected chi connectivity index (χ0v) is 14.9. The summed E-state index contributed by atoms with van der Waals surface area (Å²) in [6.45, 7) is 7.37. The van der Waals surface area contributed by atoms with Crippen molar-refractivity contribution in [1.29, 1.82) is 0 Å². The monoisotopic (exact) mass is 326 g/mol. The maximum Gasteiger partial charge on any atom is 0.251 e. The predicted molar refractivity (Wildman–Crippen MR) is 95.0 cm³/mol. The van der Waals surface area contributed by atoms with Gasteiger partial charge in [0.25, 0.3) is 5.91 Å². The Bertz CT molecular complexity index is 729. The van der Waals surface area contributed by atoms with Gasteiger partial charge in [-0.2, -0.15) is 0 Å². The summed E-state index contributed by atoms with van der Waals surface area (Å²) in [4.78, 5) is 11.6. The highest BCUT2D eigenvalue weighted by molar-refractivity contribution is 5.93. The van der Waals surface area contributed by atoms with Gasteiger partial charge in [-0.25, -0.2) is 0 Å². The van der Waals surface area contributed by atoms with Crippen LogP contribution in [0.3, 0.4) is 0 Å². The highest BCUT2D eigenvalue weighted by Crippen LogP contribution is 2.42. The third kappa shape index (κ3) is 3.54. The molecule has 0 spiro atoms. The van der Waals surface area contributed by atoms with Crippen LogP contribution >= 0.6 is 0 Å². The van der Waals surface area contributed by atoms with Crippen molar-refractivity contribution in [3.05, 3.63) is 58.5 Å². The minimum absolute atomic E-state index is 0.0537. The molecule has 0 radical (unpaired) electrons. The summed E-state index contributed by atoms with van der Waals surface area (Å²) in [7, 11) is 1.65. The molecule has 0 bridgehead atoms. The second kappa shape index (κ2) is 6.44. The lowest BCUT2D eigenvalue weighted by molar-refractivity contribution is 0.0963. The smallest absolute Gasteiger partial charge is 0.251 e. The van der Waals surface area contributed by atoms with Crippen LogP contribution < -0.4 is 10.6 Å². The van der Waals surface area contributed by atoms with E-state index in [0.717, 1.165) is 30.9 Å². The molecule has 4 heteroatoms. The van der Waals surface area contributed by atoms with Crippen molar-refractivity contribution >= 4 is 5.91 Å². The molecule has 1 atom stereocenters. The lowest BCUT2D eigenvalue weighted by Gasteiger charge is -2.35. The fourth-order valence-corrected chi connectivity index (χ4v) is 3.53. The number of carbonyl (C=O) groups excluding carboxylic acids is 1. The molecule has 0 saturated heterocycles. The Labute approximate surface area is 143 Å². The summed E-state index contributed by atoms with van der Waals surface area (Å²) in [6, 6.07) is 10.2. The molecule has 128 valence electrons. The maximum absolute atomic E-state index is 11.6. The fourth-order valence-electron chi connectivity index (χ4n) is 3.53. The van der Waals surface area contributed by atoms with Crippen molar-refractivity contribution in [2.24, 2.45) is 5.41 Å². The van der Waals surface area contributed by atoms with E-state index in [1.54, 1.807) is 7.05 Å². The van der Waals surface area contributed by atoms with Gasteiger partial charge < -0.3 is 15.1 Å². The molecule has 1 aromatic carbocycles. The molecule has 24 heavy (non-hydrogen) atoms. The van der Waals surface area contributed by atoms with Crippen molar-refractivity contribution < 1.29 is 9.21 Å². The van der Waals surface area contributed by atoms with E-state index < -0.39 is 0 Å². The van der Waals surface area contributed by atoms with Gasteiger partial charge in [-0.05, 0) is 42.5 Å². The molecule has 1 amide bonds. The lowest BCUT2D eigenvalue weighted by Crippen LogP contribution is -2.32. The number of rotatable bonds is 4. The van der Waals surface area contributed by atoms with Gasteiger partial charge in [0.15, 0.2) is 0 Å². The summed E-state index contributed by atoms with van der Waals surface area (Å²) >= 11 is 0. The average molecular weight is 326 g/mol. The molecule has 1 aromatic heterocycles. The van der Waals surface area contributed by atoms with Crippen molar-refractivity contribution in [2.75, 3.05) is 7.05 Å². The molecular formula is C20H26N2O2. The predicted octanol–water partition coefficient (Wildman–Crippen LogP) is 3.75. The Hall–Kier alpha value is -2.07. The van der Waals surface area contributed by atoms with Crippen molar-refractivity contribution in [3.8, 4) is 0 Å². The minimum Gasteiger partial charge on any atom is -0.466 e. The van der Waals surface area contributed by atoms with Gasteiger partial charge in [0.05, 0.1) is 0 Å². The number of carbonyl (C=O) groups is 1. The molecule has 0 saturated carbocycles. The van der Waals surface area contributed by atoms with Crippen molar-refractivity contribution in [3.63, 3.8) is 0 Å². The van der Waals surface area contributed by atoms with Gasteiger partial charge in [0.2, 0.25) is 0 Å². The number of amides is 1. The van der Waals surface area contributed by atoms with Gasteiger partial charge in [0, 0.05) is 37.2 Å². The number of furan rings is 1. The Balaban J connectivity index is 1.71. The Morgan fingerprint density at radius 1 is 1.29 bits per heavy atom. The zero-order chi connectivity index (χ0) is 17.3. The Morgan fingerprint density at radius 2 is 2.00 bits per heavy atom. The fraction of sp³-hybridized carbons (Fsp3) is 0.450. The van der Waals surface area contributed by atoms with E-state index in [1.165, 1.54) is 11.1 Å². The van der Waals surface area contributed by atoms with Crippen molar-refractivity contribution in [1.82, 2.24) is 10.6 Å². The molecule has 1 heterocycles. The lowest BCUT2D eigenvalue weighted by atomic mass is 9.74. The highest BCUT2D eigenvalue weighted by atomic mass is 16.3. The highest BCUT2D eigenvalue weighted by Gasteiger charge is 2.34. The molecule has 4 nitrogen and oxygen atoms in total. The largest absolute Gasteiger partial charge is 0.466 e. The Morgan fingerprint density at radius 3 is 2.67 bits per heavy atom. The van der Waals surface area contributed by atoms with Gasteiger partial charge in [0.1, 0.15) is 11.5 Å². The number of hydrogen-bond donors (Lipinski definition) is 2. The molecule has 0 fully saturated rings. The molecule has 2 N–H and O–H groups in total. The number of nitrogens with one attached hydrogen (secondary N) is 2. The van der Waals surface area contributed by atoms with Crippen LogP contribution in [0.5, 0.6) is 0 Å². The van der Waals surface area contributed by atoms with Crippen LogP contribution in [0.15, 0.2) is 34.7 Å². The van der Waals surface area contributed by atoms with Crippen LogP contribution in [0.2, 0.25) is 0 Å². The standard InChI is InChI=1S/C20H26N2O2/c1-13-9-16-17(10-20(2,3)11-18(16)24-13)22-12-14-5-7-15(8-6-14)19(23)21-4/h5-9,17,22H,10-12H2,1-4H3,(H,21,23). The SMILES string of the molecule is CNC(=O)c1ccc(CNC2CC(C)(C)Cc3oc(C)cc32)cc1. The first-order valence-electron chi connectivity index (χ1n) is 8.51. The topological polar surface area (TPSA) is 54.3 Å². The first kappa shape index (κ1) is 16.8. The first-order valence-corrected chi connectivity index (χ1v) is 8.51. The van der Waals surface area contributed by atoms with Crippen LogP contribution in [-0.2, 0) is 13.0 Å². The average Bonchev–Trinajstić information content (AvgIpc) is 2.91. The Kier molecular flexibility index (Phi) is 4.50. The van der Waals surface area contributed by atoms with Crippen LogP contribution in [0, 0.1) is 12.3 Å². The van der Waals surface area contributed by atoms with Crippen LogP contribution in [0.4, 0.5) is 0 Å². The molecular weight excluding hydrogens is 300 g/mol. The van der Waals surface area contributed by atoms with Crippen LogP contribution in [-0.4, -0.2) is 13.0 Å². The van der Waals surface area contributed by atoms with Crippen LogP contribution in [0.1, 0.15) is 59.3 Å². The normalized spacial score (nSPS) is 18.9. The van der Waals surface area contributed by atoms with E-state index in [9.17, 15) is 4.79 Å². The summed E-state index contributed by atoms with van der Waals surface area (Å²) in [5, 5.41) is 6.31. The maximum atomic E-state index is 11.6. The van der Waals surface area contributed by atoms with E-state index >= 15 is 0 Å². The zero-order valence-electron chi connectivity index (χ0n) is 14.9. The van der Waals surface area contributed by atoms with E-state index in [0.29, 0.717) is 11.6 Å². The number of fused-ring (bicyclic) bond motifs is 1. The van der Waals surface area contributed by atoms with Gasteiger partial charge in [-0.1, -0.05) is 26.0 Å². The van der Waals surface area contributed by atoms with Crippen molar-refractivity contribution in [2.45, 2.75) is 46.2 Å². The number of benzene rings is 1. The third-order valence-corrected chi connectivity index (χ3v) is 4.73. The quantitative estimate of drug-likeness (QED) is 0.899. The molecule has 1 aliphatic rings. The van der Waals surface area contributed by atoms with Gasteiger partial charge in [-0.15, -0.1) is 0 Å². The van der Waals surface area contributed by atoms with Crippen LogP contribution in [0.25, 0.3) is 0 Å². The summed E-state index contributed by atoms with van der Waals surface area (Å²) in [6.07, 6.45) is 2.09. The molecule has 2 aromatic rings. The molecule has 1 unspecified atom stereocenters. The first-order chi connectivity index (χ1) is 11.4. The van der Waals surface area contributed by atoms with Gasteiger partial charge >= 0.3 is 0 Å². The summed E-state index contributed by atoms with van der Waals surface area (Å²) in [5.41, 5.74) is 3.40. The second-order valence-corrected chi connectivity index (χ2v) is 7.49. The minimum atomic E-state index is -0.0537. The third-order valence-electron chi connectivity index (χ3n) is 4.73. The molecule has 1 aliphatic carbocycles. The second-order valence-electron chi connectivity index (χ2n) is 7.49. The number of hydrogen-bond acceptors (Lipinski definition) is 3. The van der Waals surface area contributed by atoms with Gasteiger partial charge in [-0.3, -0.25) is 4.79 Å². The van der Waals surface area contributed by atoms with E-state index in [-0.39, 0.29) is 11.3 Å². The molecule has 0 aliphatic heterocycles. The van der Waals surface area contributed by atoms with E-state index in [2.05, 4.69) is 30.5 Å². The molecule has 3 rings (SSSR count).